The number of benzene rings is 1. The van der Waals surface area contributed by atoms with Gasteiger partial charge < -0.3 is 15.2 Å². The Kier molecular flexibility index (Phi) is 5.80. The van der Waals surface area contributed by atoms with Crippen molar-refractivity contribution in [3.8, 4) is 5.75 Å². The Labute approximate surface area is 106 Å². The van der Waals surface area contributed by atoms with E-state index in [1.807, 2.05) is 6.07 Å². The second-order valence-corrected chi connectivity index (χ2v) is 3.90. The number of halogens is 1. The van der Waals surface area contributed by atoms with Gasteiger partial charge in [0.05, 0.1) is 18.7 Å². The number of hydrogen-bond donors (Lipinski definition) is 1. The summed E-state index contributed by atoms with van der Waals surface area (Å²) in [5.74, 6) is 0.368. The molecule has 17 heavy (non-hydrogen) atoms. The van der Waals surface area contributed by atoms with Gasteiger partial charge in [-0.3, -0.25) is 4.79 Å². The van der Waals surface area contributed by atoms with Crippen molar-refractivity contribution in [1.29, 1.82) is 0 Å². The van der Waals surface area contributed by atoms with Crippen molar-refractivity contribution in [1.82, 2.24) is 0 Å². The van der Waals surface area contributed by atoms with Gasteiger partial charge in [0.25, 0.3) is 0 Å². The normalized spacial score (nSPS) is 10.1. The van der Waals surface area contributed by atoms with Gasteiger partial charge in [0.15, 0.2) is 0 Å². The molecule has 1 aromatic carbocycles. The van der Waals surface area contributed by atoms with Crippen LogP contribution >= 0.6 is 11.6 Å². The molecular formula is C12H16ClNO3. The highest BCUT2D eigenvalue weighted by atomic mass is 35.5. The Balaban J connectivity index is 2.39. The largest absolute Gasteiger partial charge is 0.492 e. The predicted octanol–water partition coefficient (Wildman–Crippen LogP) is 2.13. The van der Waals surface area contributed by atoms with Gasteiger partial charge in [0.2, 0.25) is 0 Å². The Morgan fingerprint density at radius 2 is 2.24 bits per heavy atom. The summed E-state index contributed by atoms with van der Waals surface area (Å²) in [7, 11) is 1.37. The maximum absolute atomic E-state index is 10.9. The minimum Gasteiger partial charge on any atom is -0.492 e. The van der Waals surface area contributed by atoms with E-state index in [4.69, 9.17) is 22.1 Å². The maximum Gasteiger partial charge on any atom is 0.305 e. The van der Waals surface area contributed by atoms with E-state index in [1.54, 1.807) is 12.1 Å². The van der Waals surface area contributed by atoms with Gasteiger partial charge in [-0.25, -0.2) is 0 Å². The van der Waals surface area contributed by atoms with E-state index in [-0.39, 0.29) is 5.97 Å². The molecule has 94 valence electrons. The number of methoxy groups -OCH3 is 1. The van der Waals surface area contributed by atoms with Crippen LogP contribution in [0.2, 0.25) is 5.02 Å². The van der Waals surface area contributed by atoms with Gasteiger partial charge in [-0.05, 0) is 24.1 Å². The maximum atomic E-state index is 10.9. The first-order valence-corrected chi connectivity index (χ1v) is 5.73. The van der Waals surface area contributed by atoms with Crippen LogP contribution in [0.25, 0.3) is 0 Å². The molecule has 0 aromatic heterocycles. The molecule has 0 unspecified atom stereocenters. The van der Waals surface area contributed by atoms with Crippen LogP contribution in [-0.4, -0.2) is 19.7 Å². The number of carbonyl (C=O) groups excluding carboxylic acids is 1. The van der Waals surface area contributed by atoms with Crippen molar-refractivity contribution in [2.45, 2.75) is 19.4 Å². The summed E-state index contributed by atoms with van der Waals surface area (Å²) in [5.41, 5.74) is 6.44. The zero-order valence-electron chi connectivity index (χ0n) is 9.74. The molecule has 0 amide bonds. The van der Waals surface area contributed by atoms with Crippen LogP contribution < -0.4 is 10.5 Å². The third-order valence-corrected chi connectivity index (χ3v) is 2.54. The van der Waals surface area contributed by atoms with Gasteiger partial charge in [-0.2, -0.15) is 0 Å². The first-order chi connectivity index (χ1) is 8.17. The smallest absolute Gasteiger partial charge is 0.305 e. The van der Waals surface area contributed by atoms with E-state index in [1.165, 1.54) is 7.11 Å². The fraction of sp³-hybridized carbons (Fsp3) is 0.417. The second-order valence-electron chi connectivity index (χ2n) is 3.50. The highest BCUT2D eigenvalue weighted by Gasteiger charge is 2.04. The van der Waals surface area contributed by atoms with Crippen LogP contribution in [0.3, 0.4) is 0 Å². The number of esters is 1. The SMILES string of the molecule is COC(=O)CCCOc1ccc(CN)cc1Cl. The van der Waals surface area contributed by atoms with E-state index in [9.17, 15) is 4.79 Å². The van der Waals surface area contributed by atoms with Gasteiger partial charge in [-0.15, -0.1) is 0 Å². The quantitative estimate of drug-likeness (QED) is 0.626. The molecule has 0 radical (unpaired) electrons. The Bertz CT molecular complexity index is 382. The lowest BCUT2D eigenvalue weighted by Gasteiger charge is -2.08. The molecule has 0 spiro atoms. The fourth-order valence-electron chi connectivity index (χ4n) is 1.29. The van der Waals surface area contributed by atoms with E-state index >= 15 is 0 Å². The molecule has 0 aliphatic carbocycles. The van der Waals surface area contributed by atoms with Crippen LogP contribution in [0, 0.1) is 0 Å². The molecule has 0 atom stereocenters. The van der Waals surface area contributed by atoms with Crippen LogP contribution in [0.15, 0.2) is 18.2 Å². The van der Waals surface area contributed by atoms with E-state index < -0.39 is 0 Å². The van der Waals surface area contributed by atoms with E-state index in [2.05, 4.69) is 4.74 Å². The summed E-state index contributed by atoms with van der Waals surface area (Å²) in [6.45, 7) is 0.874. The van der Waals surface area contributed by atoms with Crippen molar-refractivity contribution in [2.24, 2.45) is 5.73 Å². The minimum atomic E-state index is -0.238. The van der Waals surface area contributed by atoms with Crippen LogP contribution in [0.5, 0.6) is 5.75 Å². The van der Waals surface area contributed by atoms with Gasteiger partial charge in [-0.1, -0.05) is 17.7 Å². The van der Waals surface area contributed by atoms with Gasteiger partial charge in [0, 0.05) is 13.0 Å². The van der Waals surface area contributed by atoms with Crippen molar-refractivity contribution in [3.63, 3.8) is 0 Å². The highest BCUT2D eigenvalue weighted by molar-refractivity contribution is 6.32. The molecular weight excluding hydrogens is 242 g/mol. The summed E-state index contributed by atoms with van der Waals surface area (Å²) in [6, 6.07) is 5.42. The number of nitrogens with two attached hydrogens (primary N) is 1. The molecule has 5 heteroatoms. The number of rotatable bonds is 6. The molecule has 4 nitrogen and oxygen atoms in total. The third kappa shape index (κ3) is 4.63. The van der Waals surface area contributed by atoms with E-state index in [0.717, 1.165) is 5.56 Å². The Morgan fingerprint density at radius 1 is 1.47 bits per heavy atom. The minimum absolute atomic E-state index is 0.238. The van der Waals surface area contributed by atoms with Crippen molar-refractivity contribution in [2.75, 3.05) is 13.7 Å². The summed E-state index contributed by atoms with van der Waals surface area (Å²) in [5, 5.41) is 0.533. The summed E-state index contributed by atoms with van der Waals surface area (Å²) < 4.78 is 9.97. The van der Waals surface area contributed by atoms with Gasteiger partial charge >= 0.3 is 5.97 Å². The summed E-state index contributed by atoms with van der Waals surface area (Å²) in [4.78, 5) is 10.9. The molecule has 2 N–H and O–H groups in total. The first kappa shape index (κ1) is 13.8. The predicted molar refractivity (Wildman–Crippen MR) is 66.1 cm³/mol. The van der Waals surface area contributed by atoms with Gasteiger partial charge in [0.1, 0.15) is 5.75 Å². The van der Waals surface area contributed by atoms with E-state index in [0.29, 0.717) is 36.8 Å². The first-order valence-electron chi connectivity index (χ1n) is 5.35. The standard InChI is InChI=1S/C12H16ClNO3/c1-16-12(15)3-2-6-17-11-5-4-9(8-14)7-10(11)13/h4-5,7H,2-3,6,8,14H2,1H3. The zero-order chi connectivity index (χ0) is 12.7. The lowest BCUT2D eigenvalue weighted by Crippen LogP contribution is -2.05. The fourth-order valence-corrected chi connectivity index (χ4v) is 1.55. The van der Waals surface area contributed by atoms with Crippen molar-refractivity contribution in [3.05, 3.63) is 28.8 Å². The van der Waals surface area contributed by atoms with Crippen LogP contribution in [0.1, 0.15) is 18.4 Å². The molecule has 0 fully saturated rings. The molecule has 0 bridgehead atoms. The molecule has 0 aliphatic rings. The highest BCUT2D eigenvalue weighted by Crippen LogP contribution is 2.25. The Hall–Kier alpha value is -1.26. The monoisotopic (exact) mass is 257 g/mol. The van der Waals surface area contributed by atoms with Crippen molar-refractivity contribution >= 4 is 17.6 Å². The zero-order valence-corrected chi connectivity index (χ0v) is 10.5. The molecule has 1 aromatic rings. The molecule has 0 saturated carbocycles. The number of carbonyl (C=O) groups is 1. The lowest BCUT2D eigenvalue weighted by atomic mass is 10.2. The second kappa shape index (κ2) is 7.14. The molecule has 0 saturated heterocycles. The lowest BCUT2D eigenvalue weighted by molar-refractivity contribution is -0.140. The third-order valence-electron chi connectivity index (χ3n) is 2.24. The Morgan fingerprint density at radius 3 is 2.82 bits per heavy atom. The molecule has 1 rings (SSSR count). The molecule has 0 heterocycles. The topological polar surface area (TPSA) is 61.5 Å². The number of ether oxygens (including phenoxy) is 2. The average Bonchev–Trinajstić information content (AvgIpc) is 2.35. The van der Waals surface area contributed by atoms with Crippen LogP contribution in [-0.2, 0) is 16.1 Å². The van der Waals surface area contributed by atoms with Crippen LogP contribution in [0.4, 0.5) is 0 Å². The average molecular weight is 258 g/mol. The van der Waals surface area contributed by atoms with Crippen molar-refractivity contribution < 1.29 is 14.3 Å². The molecule has 0 aliphatic heterocycles. The summed E-state index contributed by atoms with van der Waals surface area (Å²) in [6.07, 6.45) is 0.941. The summed E-state index contributed by atoms with van der Waals surface area (Å²) >= 11 is 6.00. The number of hydrogen-bond acceptors (Lipinski definition) is 4.